The molecule has 0 fully saturated rings. The van der Waals surface area contributed by atoms with Gasteiger partial charge in [0.05, 0.1) is 4.90 Å². The van der Waals surface area contributed by atoms with Gasteiger partial charge in [-0.15, -0.1) is 0 Å². The Morgan fingerprint density at radius 2 is 1.79 bits per heavy atom. The lowest BCUT2D eigenvalue weighted by Gasteiger charge is -2.20. The molecule has 0 heterocycles. The molecule has 1 aromatic rings. The molecule has 0 bridgehead atoms. The maximum Gasteiger partial charge on any atom is 0.341 e. The molecule has 2 N–H and O–H groups in total. The predicted octanol–water partition coefficient (Wildman–Crippen LogP) is 1.23. The lowest BCUT2D eigenvalue weighted by Crippen LogP contribution is -2.40. The fourth-order valence-corrected chi connectivity index (χ4v) is 2.74. The Balaban J connectivity index is 2.84. The summed E-state index contributed by atoms with van der Waals surface area (Å²) in [4.78, 5) is 10.4. The lowest BCUT2D eigenvalue weighted by atomic mass is 10.1. The largest absolute Gasteiger partial charge is 0.482 e. The van der Waals surface area contributed by atoms with Gasteiger partial charge < -0.3 is 9.84 Å². The molecule has 0 saturated carbocycles. The summed E-state index contributed by atoms with van der Waals surface area (Å²) in [5, 5.41) is 8.46. The Morgan fingerprint density at radius 3 is 2.21 bits per heavy atom. The van der Waals surface area contributed by atoms with Crippen molar-refractivity contribution in [3.05, 3.63) is 24.3 Å². The van der Waals surface area contributed by atoms with Gasteiger partial charge >= 0.3 is 5.97 Å². The molecule has 0 aromatic heterocycles. The summed E-state index contributed by atoms with van der Waals surface area (Å²) < 4.78 is 31.4. The smallest absolute Gasteiger partial charge is 0.341 e. The fourth-order valence-electron chi connectivity index (χ4n) is 1.32. The quantitative estimate of drug-likeness (QED) is 0.849. The molecule has 0 radical (unpaired) electrons. The zero-order valence-electron chi connectivity index (χ0n) is 11.0. The lowest BCUT2D eigenvalue weighted by molar-refractivity contribution is -0.139. The summed E-state index contributed by atoms with van der Waals surface area (Å²) in [5.41, 5.74) is -0.572. The van der Waals surface area contributed by atoms with Crippen molar-refractivity contribution in [2.45, 2.75) is 31.2 Å². The number of hydrogen-bond donors (Lipinski definition) is 2. The highest BCUT2D eigenvalue weighted by Gasteiger charge is 2.21. The first-order valence-corrected chi connectivity index (χ1v) is 7.07. The van der Waals surface area contributed by atoms with Gasteiger partial charge in [-0.3, -0.25) is 0 Å². The first-order chi connectivity index (χ1) is 8.60. The fraction of sp³-hybridized carbons (Fsp3) is 0.417. The van der Waals surface area contributed by atoms with Gasteiger partial charge in [-0.05, 0) is 45.0 Å². The van der Waals surface area contributed by atoms with Crippen molar-refractivity contribution in [2.75, 3.05) is 6.61 Å². The van der Waals surface area contributed by atoms with Gasteiger partial charge in [0.25, 0.3) is 0 Å². The molecule has 0 amide bonds. The van der Waals surface area contributed by atoms with Crippen molar-refractivity contribution in [2.24, 2.45) is 0 Å². The van der Waals surface area contributed by atoms with Crippen molar-refractivity contribution in [3.8, 4) is 5.75 Å². The molecule has 0 aliphatic carbocycles. The van der Waals surface area contributed by atoms with E-state index in [9.17, 15) is 13.2 Å². The second kappa shape index (κ2) is 5.58. The van der Waals surface area contributed by atoms with Crippen LogP contribution >= 0.6 is 0 Å². The molecule has 0 atom stereocenters. The van der Waals surface area contributed by atoms with E-state index in [2.05, 4.69) is 4.72 Å². The monoisotopic (exact) mass is 287 g/mol. The zero-order chi connectivity index (χ0) is 14.7. The van der Waals surface area contributed by atoms with Crippen LogP contribution in [0.15, 0.2) is 29.2 Å². The summed E-state index contributed by atoms with van der Waals surface area (Å²) in [6.07, 6.45) is 0. The van der Waals surface area contributed by atoms with Gasteiger partial charge in [-0.1, -0.05) is 0 Å². The molecule has 106 valence electrons. The number of hydrogen-bond acceptors (Lipinski definition) is 4. The van der Waals surface area contributed by atoms with Crippen LogP contribution in [0, 0.1) is 0 Å². The van der Waals surface area contributed by atoms with E-state index in [1.165, 1.54) is 24.3 Å². The SMILES string of the molecule is CC(C)(C)NS(=O)(=O)c1ccc(OCC(=O)O)cc1. The van der Waals surface area contributed by atoms with Gasteiger partial charge in [0.1, 0.15) is 5.75 Å². The summed E-state index contributed by atoms with van der Waals surface area (Å²) in [7, 11) is -3.59. The number of carboxylic acid groups (broad SMARTS) is 1. The molecule has 0 aliphatic rings. The number of aliphatic carboxylic acids is 1. The standard InChI is InChI=1S/C12H17NO5S/c1-12(2,3)13-19(16,17)10-6-4-9(5-7-10)18-8-11(14)15/h4-7,13H,8H2,1-3H3,(H,14,15). The van der Waals surface area contributed by atoms with E-state index < -0.39 is 28.1 Å². The van der Waals surface area contributed by atoms with Crippen molar-refractivity contribution >= 4 is 16.0 Å². The first-order valence-electron chi connectivity index (χ1n) is 5.59. The number of carbonyl (C=O) groups is 1. The van der Waals surface area contributed by atoms with Crippen LogP contribution in [-0.2, 0) is 14.8 Å². The number of rotatable bonds is 5. The van der Waals surface area contributed by atoms with E-state index in [1.807, 2.05) is 0 Å². The molecule has 1 rings (SSSR count). The van der Waals surface area contributed by atoms with Crippen molar-refractivity contribution < 1.29 is 23.1 Å². The Hall–Kier alpha value is -1.60. The van der Waals surface area contributed by atoms with Gasteiger partial charge in [0.2, 0.25) is 10.0 Å². The summed E-state index contributed by atoms with van der Waals surface area (Å²) in [6.45, 7) is 4.77. The Labute approximate surface area is 112 Å². The van der Waals surface area contributed by atoms with Crippen LogP contribution in [0.4, 0.5) is 0 Å². The predicted molar refractivity (Wildman–Crippen MR) is 69.6 cm³/mol. The molecular weight excluding hydrogens is 270 g/mol. The highest BCUT2D eigenvalue weighted by Crippen LogP contribution is 2.17. The highest BCUT2D eigenvalue weighted by molar-refractivity contribution is 7.89. The molecule has 6 nitrogen and oxygen atoms in total. The summed E-state index contributed by atoms with van der Waals surface area (Å²) >= 11 is 0. The van der Waals surface area contributed by atoms with Crippen molar-refractivity contribution in [3.63, 3.8) is 0 Å². The van der Waals surface area contributed by atoms with E-state index >= 15 is 0 Å². The molecule has 0 aliphatic heterocycles. The molecule has 19 heavy (non-hydrogen) atoms. The van der Waals surface area contributed by atoms with Crippen LogP contribution in [0.1, 0.15) is 20.8 Å². The van der Waals surface area contributed by atoms with Crippen LogP contribution in [0.2, 0.25) is 0 Å². The van der Waals surface area contributed by atoms with Crippen LogP contribution in [0.3, 0.4) is 0 Å². The van der Waals surface area contributed by atoms with Gasteiger partial charge in [0.15, 0.2) is 6.61 Å². The number of nitrogens with one attached hydrogen (secondary N) is 1. The molecule has 7 heteroatoms. The average Bonchev–Trinajstić information content (AvgIpc) is 2.23. The molecule has 1 aromatic carbocycles. The van der Waals surface area contributed by atoms with Crippen molar-refractivity contribution in [1.29, 1.82) is 0 Å². The normalized spacial score (nSPS) is 12.2. The highest BCUT2D eigenvalue weighted by atomic mass is 32.2. The Bertz CT molecular complexity index is 542. The van der Waals surface area contributed by atoms with Gasteiger partial charge in [-0.25, -0.2) is 17.9 Å². The summed E-state index contributed by atoms with van der Waals surface area (Å²) in [6, 6.07) is 5.57. The number of sulfonamides is 1. The van der Waals surface area contributed by atoms with Gasteiger partial charge in [0, 0.05) is 5.54 Å². The second-order valence-electron chi connectivity index (χ2n) is 5.01. The van der Waals surface area contributed by atoms with E-state index in [-0.39, 0.29) is 4.90 Å². The molecule has 0 spiro atoms. The number of carboxylic acids is 1. The van der Waals surface area contributed by atoms with E-state index in [0.717, 1.165) is 0 Å². The number of ether oxygens (including phenoxy) is 1. The molecule has 0 unspecified atom stereocenters. The van der Waals surface area contributed by atoms with Crippen LogP contribution in [-0.4, -0.2) is 31.6 Å². The van der Waals surface area contributed by atoms with Crippen molar-refractivity contribution in [1.82, 2.24) is 4.72 Å². The van der Waals surface area contributed by atoms with E-state index in [0.29, 0.717) is 5.75 Å². The van der Waals surface area contributed by atoms with E-state index in [4.69, 9.17) is 9.84 Å². The second-order valence-corrected chi connectivity index (χ2v) is 6.69. The zero-order valence-corrected chi connectivity index (χ0v) is 11.8. The third kappa shape index (κ3) is 5.27. The third-order valence-corrected chi connectivity index (χ3v) is 3.71. The first kappa shape index (κ1) is 15.5. The topological polar surface area (TPSA) is 92.7 Å². The van der Waals surface area contributed by atoms with Crippen LogP contribution < -0.4 is 9.46 Å². The minimum atomic E-state index is -3.59. The van der Waals surface area contributed by atoms with Crippen LogP contribution in [0.5, 0.6) is 5.75 Å². The third-order valence-electron chi connectivity index (χ3n) is 1.94. The van der Waals surface area contributed by atoms with E-state index in [1.54, 1.807) is 20.8 Å². The maximum absolute atomic E-state index is 12.0. The Kier molecular flexibility index (Phi) is 4.54. The van der Waals surface area contributed by atoms with Crippen LogP contribution in [0.25, 0.3) is 0 Å². The number of benzene rings is 1. The minimum absolute atomic E-state index is 0.102. The minimum Gasteiger partial charge on any atom is -0.482 e. The molecular formula is C12H17NO5S. The molecule has 0 saturated heterocycles. The average molecular weight is 287 g/mol. The summed E-state index contributed by atoms with van der Waals surface area (Å²) in [5.74, 6) is -0.789. The maximum atomic E-state index is 12.0. The Morgan fingerprint density at radius 1 is 1.26 bits per heavy atom. The van der Waals surface area contributed by atoms with Gasteiger partial charge in [-0.2, -0.15) is 0 Å².